The Hall–Kier alpha value is -0.0800. The fourth-order valence-electron chi connectivity index (χ4n) is 1.05. The zero-order valence-corrected chi connectivity index (χ0v) is 4.43. The highest BCUT2D eigenvalue weighted by molar-refractivity contribution is 4.71. The molecule has 0 saturated heterocycles. The van der Waals surface area contributed by atoms with E-state index in [-0.39, 0.29) is 6.10 Å². The zero-order valence-electron chi connectivity index (χ0n) is 4.43. The normalized spacial score (nSPS) is 42.0. The Morgan fingerprint density at radius 2 is 2.14 bits per heavy atom. The van der Waals surface area contributed by atoms with Crippen molar-refractivity contribution < 1.29 is 10.8 Å². The van der Waals surface area contributed by atoms with E-state index in [0.717, 1.165) is 19.3 Å². The molecule has 0 bridgehead atoms. The van der Waals surface area contributed by atoms with Crippen LogP contribution in [0.4, 0.5) is 0 Å². The highest BCUT2D eigenvalue weighted by Crippen LogP contribution is 2.14. The first kappa shape index (κ1) is 5.06. The van der Waals surface area contributed by atoms with Gasteiger partial charge in [0.15, 0.2) is 0 Å². The lowest BCUT2D eigenvalue weighted by molar-refractivity contribution is -0.418. The number of quaternary nitrogens is 1. The Labute approximate surface area is 43.3 Å². The molecular formula is C5H12NO+. The van der Waals surface area contributed by atoms with Crippen LogP contribution in [-0.4, -0.2) is 17.3 Å². The maximum atomic E-state index is 8.86. The van der Waals surface area contributed by atoms with Crippen molar-refractivity contribution >= 4 is 0 Å². The minimum absolute atomic E-state index is 0.0394. The van der Waals surface area contributed by atoms with Gasteiger partial charge in [-0.3, -0.25) is 0 Å². The first-order valence-corrected chi connectivity index (χ1v) is 2.80. The lowest BCUT2D eigenvalue weighted by atomic mass is 10.3. The molecule has 0 unspecified atom stereocenters. The van der Waals surface area contributed by atoms with Crippen LogP contribution in [0, 0.1) is 0 Å². The summed E-state index contributed by atoms with van der Waals surface area (Å²) in [5.74, 6) is 0. The minimum Gasteiger partial charge on any atom is -0.393 e. The van der Waals surface area contributed by atoms with Gasteiger partial charge in [-0.05, 0) is 6.42 Å². The average molecular weight is 102 g/mol. The van der Waals surface area contributed by atoms with Gasteiger partial charge < -0.3 is 10.8 Å². The highest BCUT2D eigenvalue weighted by atomic mass is 16.3. The Bertz CT molecular complexity index is 57.1. The molecule has 4 N–H and O–H groups in total. The van der Waals surface area contributed by atoms with Gasteiger partial charge in [0.1, 0.15) is 0 Å². The smallest absolute Gasteiger partial charge is 0.0869 e. The molecule has 0 heterocycles. The van der Waals surface area contributed by atoms with Crippen molar-refractivity contribution in [2.75, 3.05) is 0 Å². The molecule has 0 radical (unpaired) electrons. The van der Waals surface area contributed by atoms with Gasteiger partial charge in [-0.15, -0.1) is 0 Å². The van der Waals surface area contributed by atoms with Gasteiger partial charge in [-0.2, -0.15) is 0 Å². The summed E-state index contributed by atoms with van der Waals surface area (Å²) in [6.07, 6.45) is 2.96. The SMILES string of the molecule is [NH3+][C@H]1CC[C@@H](O)C1. The summed E-state index contributed by atoms with van der Waals surface area (Å²) in [6, 6.07) is 0.523. The fraction of sp³-hybridized carbons (Fsp3) is 1.00. The van der Waals surface area contributed by atoms with Gasteiger partial charge in [-0.25, -0.2) is 0 Å². The first-order valence-electron chi connectivity index (χ1n) is 2.80. The molecule has 42 valence electrons. The van der Waals surface area contributed by atoms with E-state index in [1.807, 2.05) is 0 Å². The molecule has 1 aliphatic carbocycles. The standard InChI is InChI=1S/C5H11NO/c6-4-1-2-5(7)3-4/h4-5,7H,1-3,6H2/p+1/t4-,5+/m0/s1. The Balaban J connectivity index is 2.26. The van der Waals surface area contributed by atoms with Gasteiger partial charge >= 0.3 is 0 Å². The van der Waals surface area contributed by atoms with Crippen LogP contribution in [0.15, 0.2) is 0 Å². The molecule has 1 saturated carbocycles. The third-order valence-electron chi connectivity index (χ3n) is 1.51. The van der Waals surface area contributed by atoms with Gasteiger partial charge in [0.25, 0.3) is 0 Å². The molecule has 7 heavy (non-hydrogen) atoms. The van der Waals surface area contributed by atoms with Crippen LogP contribution >= 0.6 is 0 Å². The molecule has 2 atom stereocenters. The number of hydrogen-bond donors (Lipinski definition) is 2. The number of aliphatic hydroxyl groups is 1. The molecule has 1 aliphatic rings. The Morgan fingerprint density at radius 3 is 2.29 bits per heavy atom. The Kier molecular flexibility index (Phi) is 1.30. The fourth-order valence-corrected chi connectivity index (χ4v) is 1.05. The summed E-state index contributed by atoms with van der Waals surface area (Å²) in [5.41, 5.74) is 3.83. The van der Waals surface area contributed by atoms with E-state index in [9.17, 15) is 0 Å². The monoisotopic (exact) mass is 102 g/mol. The average Bonchev–Trinajstić information content (AvgIpc) is 1.87. The van der Waals surface area contributed by atoms with Crippen molar-refractivity contribution in [3.05, 3.63) is 0 Å². The van der Waals surface area contributed by atoms with E-state index in [4.69, 9.17) is 5.11 Å². The summed E-state index contributed by atoms with van der Waals surface area (Å²) in [6.45, 7) is 0. The van der Waals surface area contributed by atoms with E-state index < -0.39 is 0 Å². The second-order valence-corrected chi connectivity index (χ2v) is 2.33. The van der Waals surface area contributed by atoms with Crippen molar-refractivity contribution in [2.24, 2.45) is 0 Å². The quantitative estimate of drug-likeness (QED) is 0.411. The maximum absolute atomic E-state index is 8.86. The minimum atomic E-state index is -0.0394. The molecule has 0 aromatic rings. The molecular weight excluding hydrogens is 90.1 g/mol. The van der Waals surface area contributed by atoms with Crippen molar-refractivity contribution in [3.63, 3.8) is 0 Å². The van der Waals surface area contributed by atoms with Crippen LogP contribution in [0.2, 0.25) is 0 Å². The largest absolute Gasteiger partial charge is 0.393 e. The summed E-state index contributed by atoms with van der Waals surface area (Å²) >= 11 is 0. The van der Waals surface area contributed by atoms with Gasteiger partial charge in [0.2, 0.25) is 0 Å². The summed E-state index contributed by atoms with van der Waals surface area (Å²) in [7, 11) is 0. The number of rotatable bonds is 0. The van der Waals surface area contributed by atoms with Crippen LogP contribution in [0.5, 0.6) is 0 Å². The van der Waals surface area contributed by atoms with Crippen LogP contribution in [0.25, 0.3) is 0 Å². The predicted molar refractivity (Wildman–Crippen MR) is 26.5 cm³/mol. The maximum Gasteiger partial charge on any atom is 0.0869 e. The number of hydrogen-bond acceptors (Lipinski definition) is 1. The summed E-state index contributed by atoms with van der Waals surface area (Å²) < 4.78 is 0. The first-order chi connectivity index (χ1) is 3.29. The van der Waals surface area contributed by atoms with E-state index in [1.165, 1.54) is 0 Å². The van der Waals surface area contributed by atoms with Crippen molar-refractivity contribution in [3.8, 4) is 0 Å². The van der Waals surface area contributed by atoms with Crippen LogP contribution in [-0.2, 0) is 0 Å². The Morgan fingerprint density at radius 1 is 1.43 bits per heavy atom. The molecule has 1 rings (SSSR count). The van der Waals surface area contributed by atoms with E-state index in [0.29, 0.717) is 6.04 Å². The van der Waals surface area contributed by atoms with Crippen molar-refractivity contribution in [2.45, 2.75) is 31.4 Å². The molecule has 0 amide bonds. The molecule has 2 nitrogen and oxygen atoms in total. The second-order valence-electron chi connectivity index (χ2n) is 2.33. The van der Waals surface area contributed by atoms with E-state index in [2.05, 4.69) is 5.73 Å². The molecule has 2 heteroatoms. The van der Waals surface area contributed by atoms with Crippen LogP contribution in [0.3, 0.4) is 0 Å². The second kappa shape index (κ2) is 1.80. The summed E-state index contributed by atoms with van der Waals surface area (Å²) in [5, 5.41) is 8.86. The van der Waals surface area contributed by atoms with E-state index >= 15 is 0 Å². The van der Waals surface area contributed by atoms with Gasteiger partial charge in [0, 0.05) is 12.8 Å². The van der Waals surface area contributed by atoms with Crippen LogP contribution in [0.1, 0.15) is 19.3 Å². The third-order valence-corrected chi connectivity index (χ3v) is 1.51. The third kappa shape index (κ3) is 1.14. The van der Waals surface area contributed by atoms with Crippen molar-refractivity contribution in [1.29, 1.82) is 0 Å². The van der Waals surface area contributed by atoms with Gasteiger partial charge in [-0.1, -0.05) is 0 Å². The topological polar surface area (TPSA) is 47.9 Å². The van der Waals surface area contributed by atoms with Crippen molar-refractivity contribution in [1.82, 2.24) is 0 Å². The van der Waals surface area contributed by atoms with Gasteiger partial charge in [0.05, 0.1) is 12.1 Å². The molecule has 0 aromatic heterocycles. The number of aliphatic hydroxyl groups excluding tert-OH is 1. The molecule has 1 fully saturated rings. The molecule has 0 aliphatic heterocycles. The van der Waals surface area contributed by atoms with Crippen LogP contribution < -0.4 is 5.73 Å². The highest BCUT2D eigenvalue weighted by Gasteiger charge is 2.21. The summed E-state index contributed by atoms with van der Waals surface area (Å²) in [4.78, 5) is 0. The zero-order chi connectivity index (χ0) is 5.28. The molecule has 0 spiro atoms. The predicted octanol–water partition coefficient (Wildman–Crippen LogP) is -0.858. The lowest BCUT2D eigenvalue weighted by Crippen LogP contribution is -2.59. The van der Waals surface area contributed by atoms with E-state index in [1.54, 1.807) is 0 Å². The molecule has 0 aromatic carbocycles. The lowest BCUT2D eigenvalue weighted by Gasteiger charge is -1.93.